The van der Waals surface area contributed by atoms with Crippen molar-refractivity contribution in [3.8, 4) is 6.07 Å². The van der Waals surface area contributed by atoms with Crippen molar-refractivity contribution in [3.63, 3.8) is 0 Å². The summed E-state index contributed by atoms with van der Waals surface area (Å²) in [5, 5.41) is 19.1. The zero-order valence-corrected chi connectivity index (χ0v) is 12.9. The van der Waals surface area contributed by atoms with E-state index in [2.05, 4.69) is 11.0 Å². The average molecular weight is 302 g/mol. The molecule has 1 aromatic rings. The van der Waals surface area contributed by atoms with Gasteiger partial charge in [0.15, 0.2) is 0 Å². The minimum absolute atomic E-state index is 0.0955. The number of carbonyl (C=O) groups excluding carboxylic acids is 1. The molecule has 0 saturated carbocycles. The monoisotopic (exact) mass is 302 g/mol. The molecule has 1 unspecified atom stereocenters. The Balaban J connectivity index is 1.91. The number of aliphatic hydroxyl groups is 1. The number of benzene rings is 1. The van der Waals surface area contributed by atoms with Crippen molar-refractivity contribution < 1.29 is 14.6 Å². The molecule has 1 aliphatic heterocycles. The zero-order chi connectivity index (χ0) is 15.9. The van der Waals surface area contributed by atoms with E-state index >= 15 is 0 Å². The predicted molar refractivity (Wildman–Crippen MR) is 81.9 cm³/mol. The SMILES string of the molecule is CCOC(=O)[C@H]1CCCN(CC(O)c2ccc(C#N)cc2)C1. The lowest BCUT2D eigenvalue weighted by Gasteiger charge is -2.32. The smallest absolute Gasteiger partial charge is 0.310 e. The van der Waals surface area contributed by atoms with Crippen molar-refractivity contribution in [1.82, 2.24) is 4.90 Å². The number of β-amino-alcohol motifs (C(OH)–C–C–N with tert-alkyl or cyclic N) is 1. The average Bonchev–Trinajstić information content (AvgIpc) is 2.55. The number of piperidine rings is 1. The van der Waals surface area contributed by atoms with Crippen LogP contribution in [0.15, 0.2) is 24.3 Å². The lowest BCUT2D eigenvalue weighted by molar-refractivity contribution is -0.150. The van der Waals surface area contributed by atoms with Crippen molar-refractivity contribution in [1.29, 1.82) is 5.26 Å². The van der Waals surface area contributed by atoms with Crippen molar-refractivity contribution in [3.05, 3.63) is 35.4 Å². The molecule has 0 bridgehead atoms. The van der Waals surface area contributed by atoms with Crippen LogP contribution in [0.2, 0.25) is 0 Å². The third-order valence-corrected chi connectivity index (χ3v) is 3.98. The van der Waals surface area contributed by atoms with Gasteiger partial charge in [0, 0.05) is 13.1 Å². The van der Waals surface area contributed by atoms with E-state index in [4.69, 9.17) is 10.00 Å². The van der Waals surface area contributed by atoms with E-state index in [-0.39, 0.29) is 11.9 Å². The van der Waals surface area contributed by atoms with Crippen LogP contribution in [-0.2, 0) is 9.53 Å². The molecule has 1 heterocycles. The van der Waals surface area contributed by atoms with Gasteiger partial charge in [-0.05, 0) is 44.0 Å². The van der Waals surface area contributed by atoms with E-state index in [0.29, 0.717) is 25.3 Å². The summed E-state index contributed by atoms with van der Waals surface area (Å²) in [5.41, 5.74) is 1.37. The molecular formula is C17H22N2O3. The van der Waals surface area contributed by atoms with E-state index in [0.717, 1.165) is 24.9 Å². The van der Waals surface area contributed by atoms with Gasteiger partial charge in [-0.25, -0.2) is 0 Å². The molecule has 1 N–H and O–H groups in total. The Bertz CT molecular complexity index is 536. The second-order valence-corrected chi connectivity index (χ2v) is 5.60. The van der Waals surface area contributed by atoms with Gasteiger partial charge in [-0.15, -0.1) is 0 Å². The fourth-order valence-electron chi connectivity index (χ4n) is 2.80. The van der Waals surface area contributed by atoms with Gasteiger partial charge in [0.2, 0.25) is 0 Å². The summed E-state index contributed by atoms with van der Waals surface area (Å²) in [6, 6.07) is 9.02. The number of aliphatic hydroxyl groups excluding tert-OH is 1. The number of ether oxygens (including phenoxy) is 1. The molecule has 0 spiro atoms. The molecule has 0 aliphatic carbocycles. The van der Waals surface area contributed by atoms with Gasteiger partial charge in [-0.3, -0.25) is 9.69 Å². The van der Waals surface area contributed by atoms with Crippen LogP contribution in [0.5, 0.6) is 0 Å². The van der Waals surface area contributed by atoms with Crippen LogP contribution in [0.1, 0.15) is 37.0 Å². The van der Waals surface area contributed by atoms with Crippen molar-refractivity contribution >= 4 is 5.97 Å². The summed E-state index contributed by atoms with van der Waals surface area (Å²) in [5.74, 6) is -0.234. The second kappa shape index (κ2) is 7.92. The number of hydrogen-bond donors (Lipinski definition) is 1. The molecular weight excluding hydrogens is 280 g/mol. The third-order valence-electron chi connectivity index (χ3n) is 3.98. The second-order valence-electron chi connectivity index (χ2n) is 5.60. The first-order valence-electron chi connectivity index (χ1n) is 7.71. The molecule has 5 nitrogen and oxygen atoms in total. The summed E-state index contributed by atoms with van der Waals surface area (Å²) in [7, 11) is 0. The summed E-state index contributed by atoms with van der Waals surface area (Å²) < 4.78 is 5.09. The maximum atomic E-state index is 11.8. The van der Waals surface area contributed by atoms with Crippen molar-refractivity contribution in [2.75, 3.05) is 26.2 Å². The lowest BCUT2D eigenvalue weighted by atomic mass is 9.97. The molecule has 1 aromatic carbocycles. The fraction of sp³-hybridized carbons (Fsp3) is 0.529. The van der Waals surface area contributed by atoms with Crippen LogP contribution < -0.4 is 0 Å². The van der Waals surface area contributed by atoms with Crippen LogP contribution in [0, 0.1) is 17.2 Å². The van der Waals surface area contributed by atoms with Crippen LogP contribution in [0.25, 0.3) is 0 Å². The Morgan fingerprint density at radius 3 is 2.86 bits per heavy atom. The molecule has 1 aliphatic rings. The molecule has 1 fully saturated rings. The highest BCUT2D eigenvalue weighted by Crippen LogP contribution is 2.21. The standard InChI is InChI=1S/C17H22N2O3/c1-2-22-17(21)15-4-3-9-19(11-15)12-16(20)14-7-5-13(10-18)6-8-14/h5-8,15-16,20H,2-4,9,11-12H2,1H3/t15-,16?/m0/s1. The molecule has 118 valence electrons. The molecule has 0 radical (unpaired) electrons. The Morgan fingerprint density at radius 1 is 1.50 bits per heavy atom. The molecule has 2 atom stereocenters. The summed E-state index contributed by atoms with van der Waals surface area (Å²) >= 11 is 0. The summed E-state index contributed by atoms with van der Waals surface area (Å²) in [6.07, 6.45) is 1.17. The van der Waals surface area contributed by atoms with Gasteiger partial charge in [0.05, 0.1) is 30.3 Å². The van der Waals surface area contributed by atoms with E-state index < -0.39 is 6.10 Å². The van der Waals surface area contributed by atoms with Gasteiger partial charge >= 0.3 is 5.97 Å². The molecule has 22 heavy (non-hydrogen) atoms. The third kappa shape index (κ3) is 4.30. The number of nitrogens with zero attached hydrogens (tertiary/aromatic N) is 2. The number of carbonyl (C=O) groups is 1. The predicted octanol–water partition coefficient (Wildman–Crippen LogP) is 1.87. The zero-order valence-electron chi connectivity index (χ0n) is 12.9. The highest BCUT2D eigenvalue weighted by atomic mass is 16.5. The maximum Gasteiger partial charge on any atom is 0.310 e. The number of esters is 1. The Morgan fingerprint density at radius 2 is 2.23 bits per heavy atom. The minimum atomic E-state index is -0.617. The molecule has 1 saturated heterocycles. The molecule has 5 heteroatoms. The largest absolute Gasteiger partial charge is 0.466 e. The van der Waals surface area contributed by atoms with Crippen LogP contribution in [-0.4, -0.2) is 42.2 Å². The van der Waals surface area contributed by atoms with Crippen molar-refractivity contribution in [2.45, 2.75) is 25.9 Å². The van der Waals surface area contributed by atoms with Gasteiger partial charge in [0.25, 0.3) is 0 Å². The van der Waals surface area contributed by atoms with Gasteiger partial charge in [-0.2, -0.15) is 5.26 Å². The summed E-state index contributed by atoms with van der Waals surface area (Å²) in [4.78, 5) is 13.9. The van der Waals surface area contributed by atoms with Crippen LogP contribution in [0.3, 0.4) is 0 Å². The molecule has 2 rings (SSSR count). The molecule has 0 aromatic heterocycles. The van der Waals surface area contributed by atoms with Crippen LogP contribution in [0.4, 0.5) is 0 Å². The Hall–Kier alpha value is -1.90. The Labute approximate surface area is 131 Å². The Kier molecular flexibility index (Phi) is 5.93. The lowest BCUT2D eigenvalue weighted by Crippen LogP contribution is -2.41. The number of rotatable bonds is 5. The first-order valence-corrected chi connectivity index (χ1v) is 7.71. The van der Waals surface area contributed by atoms with E-state index in [1.165, 1.54) is 0 Å². The summed E-state index contributed by atoms with van der Waals surface area (Å²) in [6.45, 7) is 4.22. The highest BCUT2D eigenvalue weighted by molar-refractivity contribution is 5.72. The van der Waals surface area contributed by atoms with Gasteiger partial charge < -0.3 is 9.84 Å². The normalized spacial score (nSPS) is 20.1. The quantitative estimate of drug-likeness (QED) is 0.841. The van der Waals surface area contributed by atoms with E-state index in [1.54, 1.807) is 24.3 Å². The van der Waals surface area contributed by atoms with Crippen LogP contribution >= 0.6 is 0 Å². The van der Waals surface area contributed by atoms with E-state index in [9.17, 15) is 9.90 Å². The first-order chi connectivity index (χ1) is 10.6. The topological polar surface area (TPSA) is 73.6 Å². The first kappa shape index (κ1) is 16.5. The van der Waals surface area contributed by atoms with Crippen molar-refractivity contribution in [2.24, 2.45) is 5.92 Å². The van der Waals surface area contributed by atoms with Gasteiger partial charge in [0.1, 0.15) is 0 Å². The molecule has 0 amide bonds. The number of nitriles is 1. The van der Waals surface area contributed by atoms with Gasteiger partial charge in [-0.1, -0.05) is 12.1 Å². The fourth-order valence-corrected chi connectivity index (χ4v) is 2.80. The minimum Gasteiger partial charge on any atom is -0.466 e. The maximum absolute atomic E-state index is 11.8. The highest BCUT2D eigenvalue weighted by Gasteiger charge is 2.27. The number of hydrogen-bond acceptors (Lipinski definition) is 5. The number of likely N-dealkylation sites (tertiary alicyclic amines) is 1. The van der Waals surface area contributed by atoms with E-state index in [1.807, 2.05) is 6.92 Å².